The lowest BCUT2D eigenvalue weighted by Gasteiger charge is -2.08. The molecule has 1 N–H and O–H groups in total. The molecule has 0 bridgehead atoms. The predicted octanol–water partition coefficient (Wildman–Crippen LogP) is 2.37. The number of halogens is 1. The van der Waals surface area contributed by atoms with Crippen LogP contribution in [0.4, 0.5) is 4.39 Å². The highest BCUT2D eigenvalue weighted by molar-refractivity contribution is 5.46. The van der Waals surface area contributed by atoms with Crippen LogP contribution in [0.25, 0.3) is 0 Å². The number of hydrogen-bond acceptors (Lipinski definition) is 3. The van der Waals surface area contributed by atoms with Gasteiger partial charge in [0, 0.05) is 19.1 Å². The van der Waals surface area contributed by atoms with E-state index in [1.807, 2.05) is 6.92 Å². The molecule has 0 atom stereocenters. The average Bonchev–Trinajstić information content (AvgIpc) is 2.41. The molecule has 3 nitrogen and oxygen atoms in total. The Kier molecular flexibility index (Phi) is 7.64. The van der Waals surface area contributed by atoms with Crippen LogP contribution >= 0.6 is 0 Å². The molecule has 0 saturated carbocycles. The zero-order valence-electron chi connectivity index (χ0n) is 11.1. The van der Waals surface area contributed by atoms with E-state index in [0.717, 1.165) is 6.42 Å². The third kappa shape index (κ3) is 6.23. The second kappa shape index (κ2) is 9.37. The van der Waals surface area contributed by atoms with E-state index in [-0.39, 0.29) is 12.4 Å². The summed E-state index contributed by atoms with van der Waals surface area (Å²) in [5, 5.41) is 8.67. The number of aliphatic hydroxyl groups excluding tert-OH is 1. The van der Waals surface area contributed by atoms with Gasteiger partial charge in [-0.3, -0.25) is 0 Å². The molecule has 0 aliphatic rings. The van der Waals surface area contributed by atoms with E-state index >= 15 is 0 Å². The molecule has 4 heteroatoms. The lowest BCUT2D eigenvalue weighted by Crippen LogP contribution is -2.08. The van der Waals surface area contributed by atoms with Crippen LogP contribution in [0.3, 0.4) is 0 Å². The van der Waals surface area contributed by atoms with Crippen molar-refractivity contribution in [3.63, 3.8) is 0 Å². The molecule has 0 heterocycles. The quantitative estimate of drug-likeness (QED) is 0.608. The van der Waals surface area contributed by atoms with E-state index in [4.69, 9.17) is 14.6 Å². The fourth-order valence-electron chi connectivity index (χ4n) is 1.39. The first-order valence-corrected chi connectivity index (χ1v) is 6.37. The molecule has 1 aromatic rings. The monoisotopic (exact) mass is 266 g/mol. The van der Waals surface area contributed by atoms with Gasteiger partial charge in [0.25, 0.3) is 0 Å². The molecular weight excluding hydrogens is 247 g/mol. The normalized spacial score (nSPS) is 9.84. The minimum atomic E-state index is -0.364. The number of rotatable bonds is 7. The maximum atomic E-state index is 13.2. The molecular formula is C15H19FO3. The highest BCUT2D eigenvalue weighted by atomic mass is 19.1. The number of ether oxygens (including phenoxy) is 2. The van der Waals surface area contributed by atoms with Gasteiger partial charge in [0.1, 0.15) is 18.2 Å². The molecule has 0 fully saturated rings. The Morgan fingerprint density at radius 2 is 2.11 bits per heavy atom. The van der Waals surface area contributed by atoms with E-state index in [9.17, 15) is 4.39 Å². The summed E-state index contributed by atoms with van der Waals surface area (Å²) in [5.41, 5.74) is 0.616. The van der Waals surface area contributed by atoms with Crippen LogP contribution in [-0.4, -0.2) is 31.5 Å². The van der Waals surface area contributed by atoms with Gasteiger partial charge >= 0.3 is 0 Å². The van der Waals surface area contributed by atoms with Gasteiger partial charge in [-0.25, -0.2) is 4.39 Å². The van der Waals surface area contributed by atoms with Crippen LogP contribution < -0.4 is 4.74 Å². The van der Waals surface area contributed by atoms with Gasteiger partial charge in [0.15, 0.2) is 0 Å². The molecule has 19 heavy (non-hydrogen) atoms. The molecule has 0 aliphatic heterocycles. The summed E-state index contributed by atoms with van der Waals surface area (Å²) in [6, 6.07) is 4.22. The van der Waals surface area contributed by atoms with Crippen LogP contribution in [0.2, 0.25) is 0 Å². The van der Waals surface area contributed by atoms with Gasteiger partial charge in [0.05, 0.1) is 18.8 Å². The van der Waals surface area contributed by atoms with Crippen molar-refractivity contribution in [1.29, 1.82) is 0 Å². The Hall–Kier alpha value is -1.57. The topological polar surface area (TPSA) is 38.7 Å². The zero-order chi connectivity index (χ0) is 13.9. The zero-order valence-corrected chi connectivity index (χ0v) is 11.1. The molecule has 1 rings (SSSR count). The van der Waals surface area contributed by atoms with Crippen LogP contribution in [0, 0.1) is 17.7 Å². The van der Waals surface area contributed by atoms with Gasteiger partial charge in [-0.05, 0) is 18.6 Å². The number of hydrogen-bond donors (Lipinski definition) is 1. The van der Waals surface area contributed by atoms with Gasteiger partial charge in [0.2, 0.25) is 0 Å². The molecule has 0 radical (unpaired) electrons. The number of aliphatic hydroxyl groups is 1. The largest absolute Gasteiger partial charge is 0.490 e. The van der Waals surface area contributed by atoms with Crippen molar-refractivity contribution in [2.75, 3.05) is 26.4 Å². The highest BCUT2D eigenvalue weighted by Gasteiger charge is 2.03. The van der Waals surface area contributed by atoms with E-state index in [2.05, 4.69) is 11.8 Å². The fraction of sp³-hybridized carbons (Fsp3) is 0.467. The summed E-state index contributed by atoms with van der Waals surface area (Å²) in [4.78, 5) is 0. The van der Waals surface area contributed by atoms with Crippen molar-refractivity contribution in [3.05, 3.63) is 29.6 Å². The highest BCUT2D eigenvalue weighted by Crippen LogP contribution is 2.19. The smallest absolute Gasteiger partial charge is 0.137 e. The standard InChI is InChI=1S/C15H19FO3/c1-2-9-18-10-11-19-15-12-14(16)7-6-13(15)5-3-4-8-17/h6-7,12,17H,2,4,8-11H2,1H3. The van der Waals surface area contributed by atoms with Gasteiger partial charge in [-0.1, -0.05) is 18.8 Å². The van der Waals surface area contributed by atoms with E-state index in [1.54, 1.807) is 6.07 Å². The molecule has 0 saturated heterocycles. The summed E-state index contributed by atoms with van der Waals surface area (Å²) in [5.74, 6) is 5.68. The average molecular weight is 266 g/mol. The van der Waals surface area contributed by atoms with Crippen molar-refractivity contribution < 1.29 is 19.0 Å². The summed E-state index contributed by atoms with van der Waals surface area (Å²) in [7, 11) is 0. The van der Waals surface area contributed by atoms with Gasteiger partial charge in [-0.15, -0.1) is 0 Å². The minimum absolute atomic E-state index is 0.00917. The molecule has 0 aromatic heterocycles. The maximum Gasteiger partial charge on any atom is 0.137 e. The van der Waals surface area contributed by atoms with E-state index in [1.165, 1.54) is 12.1 Å². The minimum Gasteiger partial charge on any atom is -0.490 e. The SMILES string of the molecule is CCCOCCOc1cc(F)ccc1C#CCCO. The second-order valence-electron chi connectivity index (χ2n) is 3.88. The molecule has 0 unspecified atom stereocenters. The van der Waals surface area contributed by atoms with Crippen molar-refractivity contribution in [1.82, 2.24) is 0 Å². The Morgan fingerprint density at radius 1 is 1.26 bits per heavy atom. The third-order valence-electron chi connectivity index (χ3n) is 2.24. The Bertz CT molecular complexity index is 435. The van der Waals surface area contributed by atoms with Crippen molar-refractivity contribution in [3.8, 4) is 17.6 Å². The lowest BCUT2D eigenvalue weighted by molar-refractivity contribution is 0.100. The summed E-state index contributed by atoms with van der Waals surface area (Å²) in [6.07, 6.45) is 1.34. The van der Waals surface area contributed by atoms with Crippen molar-refractivity contribution >= 4 is 0 Å². The molecule has 0 aliphatic carbocycles. The van der Waals surface area contributed by atoms with Gasteiger partial charge < -0.3 is 14.6 Å². The van der Waals surface area contributed by atoms with E-state index in [0.29, 0.717) is 37.6 Å². The maximum absolute atomic E-state index is 13.2. The van der Waals surface area contributed by atoms with E-state index < -0.39 is 0 Å². The molecule has 1 aromatic carbocycles. The third-order valence-corrected chi connectivity index (χ3v) is 2.24. The molecule has 0 spiro atoms. The van der Waals surface area contributed by atoms with Crippen LogP contribution in [0.1, 0.15) is 25.3 Å². The fourth-order valence-corrected chi connectivity index (χ4v) is 1.39. The van der Waals surface area contributed by atoms with Crippen LogP contribution in [0.15, 0.2) is 18.2 Å². The van der Waals surface area contributed by atoms with Gasteiger partial charge in [-0.2, -0.15) is 0 Å². The summed E-state index contributed by atoms with van der Waals surface area (Å²) in [6.45, 7) is 3.55. The first-order valence-electron chi connectivity index (χ1n) is 6.37. The molecule has 104 valence electrons. The first-order chi connectivity index (χ1) is 9.27. The Balaban J connectivity index is 2.59. The Morgan fingerprint density at radius 3 is 2.84 bits per heavy atom. The predicted molar refractivity (Wildman–Crippen MR) is 71.6 cm³/mol. The summed E-state index contributed by atoms with van der Waals surface area (Å²) < 4.78 is 23.9. The molecule has 0 amide bonds. The van der Waals surface area contributed by atoms with Crippen LogP contribution in [0.5, 0.6) is 5.75 Å². The van der Waals surface area contributed by atoms with Crippen molar-refractivity contribution in [2.24, 2.45) is 0 Å². The Labute approximate surface area is 113 Å². The van der Waals surface area contributed by atoms with Crippen LogP contribution in [-0.2, 0) is 4.74 Å². The second-order valence-corrected chi connectivity index (χ2v) is 3.88. The summed E-state index contributed by atoms with van der Waals surface area (Å²) >= 11 is 0. The first kappa shape index (κ1) is 15.5. The van der Waals surface area contributed by atoms with Crippen molar-refractivity contribution in [2.45, 2.75) is 19.8 Å². The lowest BCUT2D eigenvalue weighted by atomic mass is 10.2. The number of benzene rings is 1.